The second-order valence-corrected chi connectivity index (χ2v) is 9.37. The van der Waals surface area contributed by atoms with Crippen molar-refractivity contribution in [3.05, 3.63) is 29.9 Å². The van der Waals surface area contributed by atoms with Crippen molar-refractivity contribution in [3.63, 3.8) is 0 Å². The van der Waals surface area contributed by atoms with Crippen LogP contribution in [0.1, 0.15) is 65.0 Å². The molecule has 7 nitrogen and oxygen atoms in total. The summed E-state index contributed by atoms with van der Waals surface area (Å²) in [6.45, 7) is 6.83. The fourth-order valence-electron chi connectivity index (χ4n) is 4.10. The van der Waals surface area contributed by atoms with Crippen LogP contribution in [0.3, 0.4) is 0 Å². The number of rotatable bonds is 4. The first kappa shape index (κ1) is 24.3. The first-order valence-corrected chi connectivity index (χ1v) is 11.1. The summed E-state index contributed by atoms with van der Waals surface area (Å²) in [4.78, 5) is 21.5. The predicted octanol–water partition coefficient (Wildman–Crippen LogP) is 4.41. The summed E-state index contributed by atoms with van der Waals surface area (Å²) in [7, 11) is 0. The molecule has 2 heterocycles. The Hall–Kier alpha value is -2.36. The van der Waals surface area contributed by atoms with E-state index in [0.29, 0.717) is 12.4 Å². The molecule has 1 saturated carbocycles. The van der Waals surface area contributed by atoms with E-state index in [0.717, 1.165) is 56.8 Å². The normalized spacial score (nSPS) is 23.8. The molecule has 32 heavy (non-hydrogen) atoms. The van der Waals surface area contributed by atoms with Gasteiger partial charge in [0.1, 0.15) is 11.4 Å². The van der Waals surface area contributed by atoms with Crippen LogP contribution in [0.2, 0.25) is 0 Å². The summed E-state index contributed by atoms with van der Waals surface area (Å²) in [5.41, 5.74) is -0.407. The highest BCUT2D eigenvalue weighted by Crippen LogP contribution is 2.28. The minimum absolute atomic E-state index is 0.141. The summed E-state index contributed by atoms with van der Waals surface area (Å²) in [6.07, 6.45) is 4.68. The van der Waals surface area contributed by atoms with Crippen LogP contribution < -0.4 is 15.5 Å². The average molecular weight is 456 g/mol. The molecule has 0 bridgehead atoms. The number of alkyl carbamates (subject to hydrolysis) is 1. The van der Waals surface area contributed by atoms with Gasteiger partial charge in [-0.1, -0.05) is 6.42 Å². The van der Waals surface area contributed by atoms with Gasteiger partial charge in [-0.3, -0.25) is 5.32 Å². The van der Waals surface area contributed by atoms with Crippen LogP contribution in [0, 0.1) is 0 Å². The van der Waals surface area contributed by atoms with Gasteiger partial charge >= 0.3 is 12.3 Å². The van der Waals surface area contributed by atoms with Crippen LogP contribution in [0.5, 0.6) is 0 Å². The number of hydrogen-bond donors (Lipinski definition) is 2. The van der Waals surface area contributed by atoms with Crippen molar-refractivity contribution in [3.8, 4) is 0 Å². The zero-order valence-electron chi connectivity index (χ0n) is 18.8. The number of anilines is 1. The van der Waals surface area contributed by atoms with Crippen LogP contribution in [0.4, 0.5) is 23.8 Å². The Balaban J connectivity index is 1.60. The van der Waals surface area contributed by atoms with E-state index in [1.54, 1.807) is 6.20 Å². The van der Waals surface area contributed by atoms with Crippen molar-refractivity contribution in [2.75, 3.05) is 18.0 Å². The summed E-state index contributed by atoms with van der Waals surface area (Å²) in [5.74, 6) is 0.454. The molecule has 2 aliphatic rings. The van der Waals surface area contributed by atoms with Crippen molar-refractivity contribution < 1.29 is 22.7 Å². The summed E-state index contributed by atoms with van der Waals surface area (Å²) >= 11 is 0. The maximum Gasteiger partial charge on any atom is 0.434 e. The molecule has 2 unspecified atom stereocenters. The van der Waals surface area contributed by atoms with Crippen molar-refractivity contribution in [2.24, 2.45) is 0 Å². The van der Waals surface area contributed by atoms with Crippen molar-refractivity contribution in [2.45, 2.75) is 83.2 Å². The smallest absolute Gasteiger partial charge is 0.434 e. The molecule has 0 aromatic carbocycles. The topological polar surface area (TPSA) is 79.4 Å². The minimum Gasteiger partial charge on any atom is -0.444 e. The number of alkyl halides is 3. The quantitative estimate of drug-likeness (QED) is 0.701. The number of amides is 1. The van der Waals surface area contributed by atoms with E-state index >= 15 is 0 Å². The lowest BCUT2D eigenvalue weighted by atomic mass is 9.89. The first-order chi connectivity index (χ1) is 15.0. The fraction of sp³-hybridized carbons (Fsp3) is 0.682. The standard InChI is InChI=1S/C22H32F3N5O2/c1-21(2,3)32-20(31)28-11-15-7-4-5-9-17(15)29-16-8-6-10-30(14-16)19-13-26-18(12-27-19)22(23,24)25/h11-13,16-17,29H,4-10,14H2,1-3H3,(H,28,31)/b15-11-. The molecule has 1 aromatic rings. The minimum atomic E-state index is -4.49. The molecule has 2 fully saturated rings. The Kier molecular flexibility index (Phi) is 7.63. The number of ether oxygens (including phenoxy) is 1. The van der Waals surface area contributed by atoms with Crippen molar-refractivity contribution in [1.29, 1.82) is 0 Å². The molecule has 1 saturated heterocycles. The molecular weight excluding hydrogens is 423 g/mol. The first-order valence-electron chi connectivity index (χ1n) is 11.1. The number of carbonyl (C=O) groups is 1. The van der Waals surface area contributed by atoms with Crippen LogP contribution >= 0.6 is 0 Å². The van der Waals surface area contributed by atoms with E-state index in [-0.39, 0.29) is 12.1 Å². The number of aromatic nitrogens is 2. The van der Waals surface area contributed by atoms with Crippen LogP contribution in [0.25, 0.3) is 0 Å². The zero-order chi connectivity index (χ0) is 23.4. The third kappa shape index (κ3) is 7.08. The number of halogens is 3. The second kappa shape index (κ2) is 10.1. The molecule has 2 N–H and O–H groups in total. The fourth-order valence-corrected chi connectivity index (χ4v) is 4.10. The van der Waals surface area contributed by atoms with Gasteiger partial charge in [-0.05, 0) is 58.4 Å². The molecule has 1 aliphatic carbocycles. The van der Waals surface area contributed by atoms with Gasteiger partial charge in [0.15, 0.2) is 5.69 Å². The lowest BCUT2D eigenvalue weighted by Gasteiger charge is -2.37. The van der Waals surface area contributed by atoms with E-state index in [9.17, 15) is 18.0 Å². The Bertz CT molecular complexity index is 805. The van der Waals surface area contributed by atoms with Gasteiger partial charge in [-0.15, -0.1) is 0 Å². The van der Waals surface area contributed by atoms with Crippen molar-refractivity contribution >= 4 is 11.9 Å². The van der Waals surface area contributed by atoms with Gasteiger partial charge in [0.05, 0.1) is 12.4 Å². The molecule has 10 heteroatoms. The lowest BCUT2D eigenvalue weighted by Crippen LogP contribution is -2.50. The van der Waals surface area contributed by atoms with Crippen molar-refractivity contribution in [1.82, 2.24) is 20.6 Å². The SMILES string of the molecule is CC(C)(C)OC(=O)N/C=C1/CCCCC1NC1CCCN(c2cnc(C(F)(F)F)cn2)C1. The molecule has 2 atom stereocenters. The van der Waals surface area contributed by atoms with Gasteiger partial charge in [-0.2, -0.15) is 13.2 Å². The van der Waals surface area contributed by atoms with E-state index in [4.69, 9.17) is 4.74 Å². The monoisotopic (exact) mass is 455 g/mol. The van der Waals surface area contributed by atoms with Gasteiger partial charge in [0, 0.05) is 31.4 Å². The Morgan fingerprint density at radius 2 is 1.94 bits per heavy atom. The number of hydrogen-bond acceptors (Lipinski definition) is 6. The molecule has 178 valence electrons. The molecule has 3 rings (SSSR count). The summed E-state index contributed by atoms with van der Waals surface area (Å²) in [5, 5.41) is 6.43. The van der Waals surface area contributed by atoms with E-state index in [1.807, 2.05) is 25.7 Å². The Morgan fingerprint density at radius 1 is 1.16 bits per heavy atom. The van der Waals surface area contributed by atoms with Gasteiger partial charge in [0.2, 0.25) is 0 Å². The molecule has 0 radical (unpaired) electrons. The van der Waals surface area contributed by atoms with Crippen LogP contribution in [0.15, 0.2) is 24.2 Å². The largest absolute Gasteiger partial charge is 0.444 e. The summed E-state index contributed by atoms with van der Waals surface area (Å²) < 4.78 is 43.5. The molecule has 0 spiro atoms. The van der Waals surface area contributed by atoms with Gasteiger partial charge in [-0.25, -0.2) is 14.8 Å². The van der Waals surface area contributed by atoms with E-state index < -0.39 is 23.6 Å². The molecular formula is C22H32F3N5O2. The molecule has 1 aliphatic heterocycles. The van der Waals surface area contributed by atoms with E-state index in [2.05, 4.69) is 20.6 Å². The summed E-state index contributed by atoms with van der Waals surface area (Å²) in [6, 6.07) is 0.309. The molecule has 1 aromatic heterocycles. The van der Waals surface area contributed by atoms with Crippen LogP contribution in [-0.2, 0) is 10.9 Å². The maximum absolute atomic E-state index is 12.7. The highest BCUT2D eigenvalue weighted by Gasteiger charge is 2.33. The predicted molar refractivity (Wildman–Crippen MR) is 115 cm³/mol. The van der Waals surface area contributed by atoms with Gasteiger partial charge in [0.25, 0.3) is 0 Å². The average Bonchev–Trinajstić information content (AvgIpc) is 2.72. The third-order valence-electron chi connectivity index (χ3n) is 5.54. The zero-order valence-corrected chi connectivity index (χ0v) is 18.8. The number of nitrogens with one attached hydrogen (secondary N) is 2. The third-order valence-corrected chi connectivity index (χ3v) is 5.54. The Labute approximate surface area is 186 Å². The van der Waals surface area contributed by atoms with Gasteiger partial charge < -0.3 is 15.0 Å². The van der Waals surface area contributed by atoms with E-state index in [1.165, 1.54) is 6.20 Å². The number of carbonyl (C=O) groups excluding carboxylic acids is 1. The number of piperidine rings is 1. The van der Waals surface area contributed by atoms with Crippen LogP contribution in [-0.4, -0.2) is 46.8 Å². The highest BCUT2D eigenvalue weighted by molar-refractivity contribution is 5.69. The maximum atomic E-state index is 12.7. The number of nitrogens with zero attached hydrogens (tertiary/aromatic N) is 3. The second-order valence-electron chi connectivity index (χ2n) is 9.37. The molecule has 1 amide bonds. The highest BCUT2D eigenvalue weighted by atomic mass is 19.4. The lowest BCUT2D eigenvalue weighted by molar-refractivity contribution is -0.141. The Morgan fingerprint density at radius 3 is 2.59 bits per heavy atom.